The van der Waals surface area contributed by atoms with Crippen LogP contribution in [0.5, 0.6) is 0 Å². The monoisotopic (exact) mass is 225 g/mol. The Morgan fingerprint density at radius 2 is 2.00 bits per heavy atom. The van der Waals surface area contributed by atoms with E-state index < -0.39 is 0 Å². The van der Waals surface area contributed by atoms with Gasteiger partial charge >= 0.3 is 0 Å². The minimum Gasteiger partial charge on any atom is -0.381 e. The summed E-state index contributed by atoms with van der Waals surface area (Å²) < 4.78 is 5.45. The first-order valence-electron chi connectivity index (χ1n) is 7.02. The van der Waals surface area contributed by atoms with Crippen molar-refractivity contribution in [2.24, 2.45) is 23.0 Å². The van der Waals surface area contributed by atoms with Gasteiger partial charge in [0.15, 0.2) is 0 Å². The molecule has 0 spiro atoms. The van der Waals surface area contributed by atoms with Crippen molar-refractivity contribution in [2.75, 3.05) is 19.8 Å². The Bertz CT molecular complexity index is 213. The van der Waals surface area contributed by atoms with Crippen LogP contribution in [0.25, 0.3) is 0 Å². The van der Waals surface area contributed by atoms with E-state index in [0.717, 1.165) is 31.6 Å². The highest BCUT2D eigenvalue weighted by molar-refractivity contribution is 4.88. The van der Waals surface area contributed by atoms with Crippen LogP contribution in [0.3, 0.4) is 0 Å². The van der Waals surface area contributed by atoms with Crippen LogP contribution in [0.15, 0.2) is 0 Å². The third-order valence-corrected chi connectivity index (χ3v) is 4.68. The highest BCUT2D eigenvalue weighted by Gasteiger charge is 2.36. The summed E-state index contributed by atoms with van der Waals surface area (Å²) in [4.78, 5) is 0. The van der Waals surface area contributed by atoms with E-state index in [-0.39, 0.29) is 0 Å². The highest BCUT2D eigenvalue weighted by Crippen LogP contribution is 2.44. The largest absolute Gasteiger partial charge is 0.381 e. The molecule has 1 aliphatic carbocycles. The van der Waals surface area contributed by atoms with Crippen LogP contribution >= 0.6 is 0 Å². The zero-order chi connectivity index (χ0) is 11.4. The van der Waals surface area contributed by atoms with Crippen molar-refractivity contribution < 1.29 is 4.74 Å². The summed E-state index contributed by atoms with van der Waals surface area (Å²) in [5.41, 5.74) is 6.56. The van der Waals surface area contributed by atoms with Gasteiger partial charge in [-0.1, -0.05) is 19.8 Å². The summed E-state index contributed by atoms with van der Waals surface area (Å²) in [6.45, 7) is 5.24. The maximum Gasteiger partial charge on any atom is 0.0468 e. The molecule has 2 unspecified atom stereocenters. The molecule has 1 heterocycles. The normalized spacial score (nSPS) is 37.5. The van der Waals surface area contributed by atoms with E-state index in [4.69, 9.17) is 10.5 Å². The number of hydrogen-bond acceptors (Lipinski definition) is 2. The van der Waals surface area contributed by atoms with Gasteiger partial charge in [0.2, 0.25) is 0 Å². The molecule has 2 N–H and O–H groups in total. The SMILES string of the molecule is CC1CCCC(CN)(CC2CCOCC2)C1. The van der Waals surface area contributed by atoms with Gasteiger partial charge in [-0.15, -0.1) is 0 Å². The van der Waals surface area contributed by atoms with Crippen molar-refractivity contribution in [3.05, 3.63) is 0 Å². The Kier molecular flexibility index (Phi) is 4.26. The molecule has 0 amide bonds. The van der Waals surface area contributed by atoms with E-state index >= 15 is 0 Å². The van der Waals surface area contributed by atoms with Gasteiger partial charge in [0, 0.05) is 13.2 Å². The number of nitrogens with two attached hydrogens (primary N) is 1. The molecule has 2 nitrogen and oxygen atoms in total. The van der Waals surface area contributed by atoms with Crippen LogP contribution in [0.1, 0.15) is 51.9 Å². The van der Waals surface area contributed by atoms with E-state index in [1.54, 1.807) is 0 Å². The Labute approximate surface area is 99.9 Å². The number of rotatable bonds is 3. The molecule has 0 aromatic heterocycles. The molecule has 16 heavy (non-hydrogen) atoms. The van der Waals surface area contributed by atoms with Gasteiger partial charge in [-0.05, 0) is 55.9 Å². The molecule has 2 fully saturated rings. The molecular weight excluding hydrogens is 198 g/mol. The Morgan fingerprint density at radius 1 is 1.25 bits per heavy atom. The minimum atomic E-state index is 0.472. The van der Waals surface area contributed by atoms with Crippen molar-refractivity contribution in [3.8, 4) is 0 Å². The summed E-state index contributed by atoms with van der Waals surface area (Å²) >= 11 is 0. The standard InChI is InChI=1S/C14H27NO/c1-12-3-2-6-14(9-12,11-15)10-13-4-7-16-8-5-13/h12-13H,2-11,15H2,1H3. The average Bonchev–Trinajstić information content (AvgIpc) is 2.30. The second-order valence-corrected chi connectivity index (χ2v) is 6.17. The van der Waals surface area contributed by atoms with Gasteiger partial charge in [-0.3, -0.25) is 0 Å². The van der Waals surface area contributed by atoms with Crippen LogP contribution in [0.4, 0.5) is 0 Å². The molecule has 0 radical (unpaired) electrons. The summed E-state index contributed by atoms with van der Waals surface area (Å²) in [5, 5.41) is 0. The van der Waals surface area contributed by atoms with E-state index in [9.17, 15) is 0 Å². The van der Waals surface area contributed by atoms with E-state index in [2.05, 4.69) is 6.92 Å². The van der Waals surface area contributed by atoms with Crippen molar-refractivity contribution in [1.29, 1.82) is 0 Å². The maximum atomic E-state index is 6.09. The van der Waals surface area contributed by atoms with Gasteiger partial charge in [0.05, 0.1) is 0 Å². The second kappa shape index (κ2) is 5.50. The fourth-order valence-electron chi connectivity index (χ4n) is 3.79. The molecule has 1 aliphatic heterocycles. The first-order chi connectivity index (χ1) is 7.74. The van der Waals surface area contributed by atoms with E-state index in [1.807, 2.05) is 0 Å². The van der Waals surface area contributed by atoms with Crippen molar-refractivity contribution >= 4 is 0 Å². The summed E-state index contributed by atoms with van der Waals surface area (Å²) in [6.07, 6.45) is 9.41. The van der Waals surface area contributed by atoms with Gasteiger partial charge in [-0.2, -0.15) is 0 Å². The maximum absolute atomic E-state index is 6.09. The third kappa shape index (κ3) is 2.98. The van der Waals surface area contributed by atoms with Crippen LogP contribution in [-0.4, -0.2) is 19.8 Å². The lowest BCUT2D eigenvalue weighted by Gasteiger charge is -2.42. The van der Waals surface area contributed by atoms with Gasteiger partial charge in [-0.25, -0.2) is 0 Å². The molecule has 2 rings (SSSR count). The summed E-state index contributed by atoms with van der Waals surface area (Å²) in [5.74, 6) is 1.76. The molecule has 0 bridgehead atoms. The van der Waals surface area contributed by atoms with Gasteiger partial charge < -0.3 is 10.5 Å². The predicted octanol–water partition coefficient (Wildman–Crippen LogP) is 2.96. The first-order valence-corrected chi connectivity index (χ1v) is 7.02. The third-order valence-electron chi connectivity index (χ3n) is 4.68. The molecule has 2 aliphatic rings. The first kappa shape index (κ1) is 12.4. The van der Waals surface area contributed by atoms with E-state index in [0.29, 0.717) is 5.41 Å². The van der Waals surface area contributed by atoms with Crippen LogP contribution in [0.2, 0.25) is 0 Å². The quantitative estimate of drug-likeness (QED) is 0.801. The lowest BCUT2D eigenvalue weighted by molar-refractivity contribution is 0.0339. The van der Waals surface area contributed by atoms with Crippen LogP contribution < -0.4 is 5.73 Å². The smallest absolute Gasteiger partial charge is 0.0468 e. The molecule has 0 aromatic carbocycles. The van der Waals surface area contributed by atoms with E-state index in [1.165, 1.54) is 44.9 Å². The Balaban J connectivity index is 1.91. The van der Waals surface area contributed by atoms with Crippen molar-refractivity contribution in [1.82, 2.24) is 0 Å². The molecule has 0 aromatic rings. The van der Waals surface area contributed by atoms with Crippen molar-refractivity contribution in [2.45, 2.75) is 51.9 Å². The highest BCUT2D eigenvalue weighted by atomic mass is 16.5. The molecule has 94 valence electrons. The molecule has 1 saturated carbocycles. The Morgan fingerprint density at radius 3 is 2.62 bits per heavy atom. The Hall–Kier alpha value is -0.0800. The fourth-order valence-corrected chi connectivity index (χ4v) is 3.79. The lowest BCUT2D eigenvalue weighted by Crippen LogP contribution is -2.38. The predicted molar refractivity (Wildman–Crippen MR) is 67.3 cm³/mol. The number of hydrogen-bond donors (Lipinski definition) is 1. The minimum absolute atomic E-state index is 0.472. The lowest BCUT2D eigenvalue weighted by atomic mass is 9.65. The zero-order valence-electron chi connectivity index (χ0n) is 10.7. The number of ether oxygens (including phenoxy) is 1. The average molecular weight is 225 g/mol. The summed E-state index contributed by atoms with van der Waals surface area (Å²) in [7, 11) is 0. The summed E-state index contributed by atoms with van der Waals surface area (Å²) in [6, 6.07) is 0. The topological polar surface area (TPSA) is 35.2 Å². The molecule has 2 atom stereocenters. The second-order valence-electron chi connectivity index (χ2n) is 6.17. The molecule has 2 heteroatoms. The van der Waals surface area contributed by atoms with Crippen LogP contribution in [0, 0.1) is 17.3 Å². The molecule has 1 saturated heterocycles. The van der Waals surface area contributed by atoms with Crippen LogP contribution in [-0.2, 0) is 4.74 Å². The van der Waals surface area contributed by atoms with Gasteiger partial charge in [0.1, 0.15) is 0 Å². The zero-order valence-corrected chi connectivity index (χ0v) is 10.7. The fraction of sp³-hybridized carbons (Fsp3) is 1.00. The van der Waals surface area contributed by atoms with Gasteiger partial charge in [0.25, 0.3) is 0 Å². The molecular formula is C14H27NO. The van der Waals surface area contributed by atoms with Crippen molar-refractivity contribution in [3.63, 3.8) is 0 Å².